The first-order valence-electron chi connectivity index (χ1n) is 8.50. The number of hydrogen-bond acceptors (Lipinski definition) is 7. The Morgan fingerprint density at radius 1 is 0.522 bits per heavy atom. The smallest absolute Gasteiger partial charge is 0.0701 e. The van der Waals surface area contributed by atoms with E-state index in [2.05, 4.69) is 12.2 Å². The first-order chi connectivity index (χ1) is 11.4. The summed E-state index contributed by atoms with van der Waals surface area (Å²) in [5, 5.41) is 3.28. The van der Waals surface area contributed by atoms with Crippen molar-refractivity contribution >= 4 is 0 Å². The van der Waals surface area contributed by atoms with Gasteiger partial charge in [-0.15, -0.1) is 0 Å². The number of methoxy groups -OCH3 is 1. The van der Waals surface area contributed by atoms with Crippen LogP contribution in [0.15, 0.2) is 0 Å². The maximum absolute atomic E-state index is 5.42. The minimum absolute atomic E-state index is 0.570. The Morgan fingerprint density at radius 2 is 0.913 bits per heavy atom. The third-order valence-corrected chi connectivity index (χ3v) is 2.77. The summed E-state index contributed by atoms with van der Waals surface area (Å²) < 4.78 is 31.7. The summed E-state index contributed by atoms with van der Waals surface area (Å²) in [5.74, 6) is 0. The van der Waals surface area contributed by atoms with Crippen molar-refractivity contribution in [1.82, 2.24) is 5.32 Å². The van der Waals surface area contributed by atoms with E-state index in [1.807, 2.05) is 0 Å². The summed E-state index contributed by atoms with van der Waals surface area (Å²) in [7, 11) is 1.65. The van der Waals surface area contributed by atoms with Gasteiger partial charge in [0.05, 0.1) is 72.7 Å². The summed E-state index contributed by atoms with van der Waals surface area (Å²) in [4.78, 5) is 0. The second-order valence-corrected chi connectivity index (χ2v) is 4.80. The number of ether oxygens (including phenoxy) is 6. The second kappa shape index (κ2) is 21.7. The van der Waals surface area contributed by atoms with Gasteiger partial charge in [-0.25, -0.2) is 0 Å². The van der Waals surface area contributed by atoms with Gasteiger partial charge < -0.3 is 33.7 Å². The van der Waals surface area contributed by atoms with Crippen molar-refractivity contribution in [2.45, 2.75) is 13.3 Å². The Labute approximate surface area is 140 Å². The molecule has 0 aliphatic rings. The van der Waals surface area contributed by atoms with E-state index in [-0.39, 0.29) is 0 Å². The Hall–Kier alpha value is -0.280. The van der Waals surface area contributed by atoms with Crippen molar-refractivity contribution in [1.29, 1.82) is 0 Å². The molecule has 1 N–H and O–H groups in total. The lowest BCUT2D eigenvalue weighted by Crippen LogP contribution is -2.21. The van der Waals surface area contributed by atoms with Crippen molar-refractivity contribution in [2.75, 3.05) is 92.9 Å². The molecule has 0 rings (SSSR count). The Balaban J connectivity index is 2.92. The molecule has 0 saturated carbocycles. The van der Waals surface area contributed by atoms with E-state index in [4.69, 9.17) is 28.4 Å². The molecule has 0 fully saturated rings. The van der Waals surface area contributed by atoms with Gasteiger partial charge in [0.2, 0.25) is 0 Å². The van der Waals surface area contributed by atoms with Crippen LogP contribution in [0.4, 0.5) is 0 Å². The molecule has 0 aromatic heterocycles. The summed E-state index contributed by atoms with van der Waals surface area (Å²) in [6, 6.07) is 0. The SMILES string of the molecule is CCCNCCOCCOCCOCCOCCOCCOC. The molecule has 0 spiro atoms. The fourth-order valence-electron chi connectivity index (χ4n) is 1.57. The fraction of sp³-hybridized carbons (Fsp3) is 1.00. The molecule has 0 saturated heterocycles. The van der Waals surface area contributed by atoms with E-state index in [0.29, 0.717) is 66.1 Å². The zero-order valence-corrected chi connectivity index (χ0v) is 14.8. The molecular formula is C16H35NO6. The van der Waals surface area contributed by atoms with Crippen molar-refractivity contribution in [3.8, 4) is 0 Å². The van der Waals surface area contributed by atoms with Crippen molar-refractivity contribution in [3.63, 3.8) is 0 Å². The standard InChI is InChI=1S/C16H35NO6/c1-3-4-17-5-6-19-9-10-21-13-14-23-16-15-22-12-11-20-8-7-18-2/h17H,3-16H2,1-2H3. The van der Waals surface area contributed by atoms with Crippen LogP contribution in [0.25, 0.3) is 0 Å². The molecular weight excluding hydrogens is 302 g/mol. The van der Waals surface area contributed by atoms with Gasteiger partial charge in [-0.05, 0) is 13.0 Å². The Morgan fingerprint density at radius 3 is 1.30 bits per heavy atom. The minimum Gasteiger partial charge on any atom is -0.382 e. The highest BCUT2D eigenvalue weighted by Gasteiger charge is 1.93. The Kier molecular flexibility index (Phi) is 21.5. The van der Waals surface area contributed by atoms with Crippen molar-refractivity contribution < 1.29 is 28.4 Å². The monoisotopic (exact) mass is 337 g/mol. The highest BCUT2D eigenvalue weighted by Crippen LogP contribution is 1.84. The van der Waals surface area contributed by atoms with Crippen LogP contribution in [-0.4, -0.2) is 92.9 Å². The predicted octanol–water partition coefficient (Wildman–Crippen LogP) is 0.715. The van der Waals surface area contributed by atoms with Crippen LogP contribution >= 0.6 is 0 Å². The summed E-state index contributed by atoms with van der Waals surface area (Å²) >= 11 is 0. The zero-order valence-electron chi connectivity index (χ0n) is 14.8. The number of nitrogens with one attached hydrogen (secondary N) is 1. The quantitative estimate of drug-likeness (QED) is 0.328. The molecule has 23 heavy (non-hydrogen) atoms. The molecule has 0 aliphatic carbocycles. The molecule has 0 aliphatic heterocycles. The van der Waals surface area contributed by atoms with Gasteiger partial charge in [0.15, 0.2) is 0 Å². The van der Waals surface area contributed by atoms with Crippen molar-refractivity contribution in [2.24, 2.45) is 0 Å². The largest absolute Gasteiger partial charge is 0.382 e. The Bertz CT molecular complexity index is 189. The molecule has 0 aromatic rings. The van der Waals surface area contributed by atoms with Crippen LogP contribution in [0.5, 0.6) is 0 Å². The molecule has 0 heterocycles. The van der Waals surface area contributed by atoms with Crippen LogP contribution in [0.1, 0.15) is 13.3 Å². The zero-order chi connectivity index (χ0) is 16.8. The maximum Gasteiger partial charge on any atom is 0.0701 e. The molecule has 0 atom stereocenters. The fourth-order valence-corrected chi connectivity index (χ4v) is 1.57. The first-order valence-corrected chi connectivity index (χ1v) is 8.50. The van der Waals surface area contributed by atoms with Gasteiger partial charge in [0, 0.05) is 13.7 Å². The van der Waals surface area contributed by atoms with Crippen LogP contribution in [-0.2, 0) is 28.4 Å². The van der Waals surface area contributed by atoms with Gasteiger partial charge in [0.25, 0.3) is 0 Å². The normalized spacial score (nSPS) is 11.2. The summed E-state index contributed by atoms with van der Waals surface area (Å²) in [5.41, 5.74) is 0. The van der Waals surface area contributed by atoms with E-state index in [9.17, 15) is 0 Å². The number of hydrogen-bond donors (Lipinski definition) is 1. The topological polar surface area (TPSA) is 67.4 Å². The van der Waals surface area contributed by atoms with Crippen LogP contribution in [0.2, 0.25) is 0 Å². The third kappa shape index (κ3) is 21.7. The lowest BCUT2D eigenvalue weighted by Gasteiger charge is -2.08. The first kappa shape index (κ1) is 22.7. The van der Waals surface area contributed by atoms with Crippen LogP contribution in [0.3, 0.4) is 0 Å². The van der Waals surface area contributed by atoms with Gasteiger partial charge in [-0.2, -0.15) is 0 Å². The molecule has 0 bridgehead atoms. The lowest BCUT2D eigenvalue weighted by atomic mass is 10.5. The molecule has 0 unspecified atom stereocenters. The van der Waals surface area contributed by atoms with Gasteiger partial charge in [-0.3, -0.25) is 0 Å². The predicted molar refractivity (Wildman–Crippen MR) is 89.1 cm³/mol. The van der Waals surface area contributed by atoms with E-state index >= 15 is 0 Å². The molecule has 7 nitrogen and oxygen atoms in total. The van der Waals surface area contributed by atoms with Crippen molar-refractivity contribution in [3.05, 3.63) is 0 Å². The molecule has 0 amide bonds. The van der Waals surface area contributed by atoms with Crippen LogP contribution < -0.4 is 5.32 Å². The van der Waals surface area contributed by atoms with E-state index in [1.165, 1.54) is 0 Å². The minimum atomic E-state index is 0.570. The van der Waals surface area contributed by atoms with E-state index in [1.54, 1.807) is 7.11 Å². The van der Waals surface area contributed by atoms with Gasteiger partial charge in [-0.1, -0.05) is 6.92 Å². The summed E-state index contributed by atoms with van der Waals surface area (Å²) in [6.07, 6.45) is 1.15. The van der Waals surface area contributed by atoms with Gasteiger partial charge in [0.1, 0.15) is 0 Å². The van der Waals surface area contributed by atoms with Crippen LogP contribution in [0, 0.1) is 0 Å². The molecule has 140 valence electrons. The lowest BCUT2D eigenvalue weighted by molar-refractivity contribution is -0.0144. The van der Waals surface area contributed by atoms with E-state index < -0.39 is 0 Å². The van der Waals surface area contributed by atoms with E-state index in [0.717, 1.165) is 26.1 Å². The molecule has 7 heteroatoms. The molecule has 0 aromatic carbocycles. The molecule has 0 radical (unpaired) electrons. The second-order valence-electron chi connectivity index (χ2n) is 4.80. The van der Waals surface area contributed by atoms with Gasteiger partial charge >= 0.3 is 0 Å². The highest BCUT2D eigenvalue weighted by molar-refractivity contribution is 4.43. The average molecular weight is 337 g/mol. The third-order valence-electron chi connectivity index (χ3n) is 2.77. The highest BCUT2D eigenvalue weighted by atomic mass is 16.6. The number of rotatable bonds is 20. The average Bonchev–Trinajstić information content (AvgIpc) is 2.57. The maximum atomic E-state index is 5.42. The summed E-state index contributed by atoms with van der Waals surface area (Å²) in [6.45, 7) is 10.7.